The number of rotatable bonds is 6. The zero-order valence-electron chi connectivity index (χ0n) is 11.4. The summed E-state index contributed by atoms with van der Waals surface area (Å²) in [5.41, 5.74) is 1.66. The maximum Gasteiger partial charge on any atom is 0.0406 e. The minimum atomic E-state index is 0.315. The van der Waals surface area contributed by atoms with Gasteiger partial charge in [-0.15, -0.1) is 0 Å². The molecule has 1 rings (SSSR count). The molecule has 1 unspecified atom stereocenters. The van der Waals surface area contributed by atoms with Gasteiger partial charge in [-0.2, -0.15) is 0 Å². The van der Waals surface area contributed by atoms with Crippen molar-refractivity contribution in [2.75, 3.05) is 6.54 Å². The largest absolute Gasteiger partial charge is 0.313 e. The Kier molecular flexibility index (Phi) is 5.48. The van der Waals surface area contributed by atoms with E-state index in [0.29, 0.717) is 11.5 Å². The highest BCUT2D eigenvalue weighted by molar-refractivity contribution is 6.30. The number of hydrogen-bond donors (Lipinski definition) is 1. The summed E-state index contributed by atoms with van der Waals surface area (Å²) in [7, 11) is 0. The molecule has 2 heteroatoms. The van der Waals surface area contributed by atoms with Gasteiger partial charge in [-0.25, -0.2) is 0 Å². The number of nitrogens with one attached hydrogen (secondary N) is 1. The van der Waals surface area contributed by atoms with Crippen molar-refractivity contribution in [2.24, 2.45) is 5.41 Å². The molecule has 0 fully saturated rings. The molecule has 1 N–H and O–H groups in total. The molecule has 0 bridgehead atoms. The Labute approximate surface area is 111 Å². The molecule has 96 valence electrons. The van der Waals surface area contributed by atoms with Crippen molar-refractivity contribution in [3.05, 3.63) is 34.9 Å². The third-order valence-corrected chi connectivity index (χ3v) is 3.91. The lowest BCUT2D eigenvalue weighted by atomic mass is 9.79. The van der Waals surface area contributed by atoms with Gasteiger partial charge in [0.15, 0.2) is 0 Å². The van der Waals surface area contributed by atoms with E-state index in [1.807, 2.05) is 12.1 Å². The standard InChI is InChI=1S/C15H24ClN/c1-5-15(3,4)14(17-6-2)11-12-7-9-13(16)10-8-12/h7-10,14,17H,5-6,11H2,1-4H3. The Morgan fingerprint density at radius 2 is 1.76 bits per heavy atom. The number of likely N-dealkylation sites (N-methyl/N-ethyl adjacent to an activating group) is 1. The quantitative estimate of drug-likeness (QED) is 0.797. The van der Waals surface area contributed by atoms with Crippen LogP contribution in [0.2, 0.25) is 5.02 Å². The molecule has 0 saturated heterocycles. The first kappa shape index (κ1) is 14.5. The van der Waals surface area contributed by atoms with E-state index in [0.717, 1.165) is 18.0 Å². The average Bonchev–Trinajstić information content (AvgIpc) is 2.31. The zero-order chi connectivity index (χ0) is 12.9. The van der Waals surface area contributed by atoms with Crippen LogP contribution in [0.4, 0.5) is 0 Å². The van der Waals surface area contributed by atoms with Crippen molar-refractivity contribution < 1.29 is 0 Å². The summed E-state index contributed by atoms with van der Waals surface area (Å²) >= 11 is 5.91. The lowest BCUT2D eigenvalue weighted by Gasteiger charge is -2.34. The lowest BCUT2D eigenvalue weighted by molar-refractivity contribution is 0.233. The Balaban J connectivity index is 2.76. The van der Waals surface area contributed by atoms with E-state index in [9.17, 15) is 0 Å². The minimum Gasteiger partial charge on any atom is -0.313 e. The first-order chi connectivity index (χ1) is 7.99. The van der Waals surface area contributed by atoms with Crippen LogP contribution in [-0.2, 0) is 6.42 Å². The van der Waals surface area contributed by atoms with Crippen molar-refractivity contribution in [1.82, 2.24) is 5.32 Å². The first-order valence-corrected chi connectivity index (χ1v) is 6.85. The van der Waals surface area contributed by atoms with E-state index in [1.54, 1.807) is 0 Å². The molecule has 0 aromatic heterocycles. The second-order valence-electron chi connectivity index (χ2n) is 5.28. The molecular formula is C15H24ClN. The van der Waals surface area contributed by atoms with Crippen LogP contribution in [0.25, 0.3) is 0 Å². The predicted molar refractivity (Wildman–Crippen MR) is 76.7 cm³/mol. The molecule has 17 heavy (non-hydrogen) atoms. The smallest absolute Gasteiger partial charge is 0.0406 e. The van der Waals surface area contributed by atoms with Crippen LogP contribution in [0, 0.1) is 5.41 Å². The van der Waals surface area contributed by atoms with Crippen LogP contribution >= 0.6 is 11.6 Å². The summed E-state index contributed by atoms with van der Waals surface area (Å²) in [6.45, 7) is 10.1. The fraction of sp³-hybridized carbons (Fsp3) is 0.600. The molecule has 0 aliphatic heterocycles. The normalized spacial score (nSPS) is 13.7. The molecule has 0 aliphatic carbocycles. The van der Waals surface area contributed by atoms with Gasteiger partial charge < -0.3 is 5.32 Å². The highest BCUT2D eigenvalue weighted by atomic mass is 35.5. The van der Waals surface area contributed by atoms with Crippen molar-refractivity contribution >= 4 is 11.6 Å². The lowest BCUT2D eigenvalue weighted by Crippen LogP contribution is -2.43. The Bertz CT molecular complexity index is 329. The maximum atomic E-state index is 5.91. The zero-order valence-corrected chi connectivity index (χ0v) is 12.1. The van der Waals surface area contributed by atoms with E-state index < -0.39 is 0 Å². The molecule has 1 aromatic rings. The fourth-order valence-corrected chi connectivity index (χ4v) is 2.10. The van der Waals surface area contributed by atoms with Crippen LogP contribution in [0.3, 0.4) is 0 Å². The van der Waals surface area contributed by atoms with E-state index in [2.05, 4.69) is 45.1 Å². The van der Waals surface area contributed by atoms with Gasteiger partial charge in [0.25, 0.3) is 0 Å². The van der Waals surface area contributed by atoms with Crippen molar-refractivity contribution in [3.8, 4) is 0 Å². The van der Waals surface area contributed by atoms with Gasteiger partial charge in [0, 0.05) is 11.1 Å². The van der Waals surface area contributed by atoms with Gasteiger partial charge in [-0.1, -0.05) is 51.4 Å². The Hall–Kier alpha value is -0.530. The monoisotopic (exact) mass is 253 g/mol. The maximum absolute atomic E-state index is 5.91. The summed E-state index contributed by atoms with van der Waals surface area (Å²) < 4.78 is 0. The Morgan fingerprint density at radius 3 is 2.24 bits per heavy atom. The van der Waals surface area contributed by atoms with Gasteiger partial charge in [0.1, 0.15) is 0 Å². The van der Waals surface area contributed by atoms with Gasteiger partial charge in [0.2, 0.25) is 0 Å². The summed E-state index contributed by atoms with van der Waals surface area (Å²) in [5, 5.41) is 4.41. The van der Waals surface area contributed by atoms with Crippen molar-refractivity contribution in [2.45, 2.75) is 46.6 Å². The molecule has 1 nitrogen and oxygen atoms in total. The average molecular weight is 254 g/mol. The van der Waals surface area contributed by atoms with Crippen LogP contribution in [-0.4, -0.2) is 12.6 Å². The molecule has 1 atom stereocenters. The van der Waals surface area contributed by atoms with Gasteiger partial charge in [0.05, 0.1) is 0 Å². The summed E-state index contributed by atoms with van der Waals surface area (Å²) in [6.07, 6.45) is 2.24. The second-order valence-corrected chi connectivity index (χ2v) is 5.72. The van der Waals surface area contributed by atoms with Crippen LogP contribution in [0.5, 0.6) is 0 Å². The molecule has 0 heterocycles. The third kappa shape index (κ3) is 4.33. The predicted octanol–water partition coefficient (Wildman–Crippen LogP) is 4.30. The minimum absolute atomic E-state index is 0.315. The highest BCUT2D eigenvalue weighted by Crippen LogP contribution is 2.27. The number of benzene rings is 1. The third-order valence-electron chi connectivity index (χ3n) is 3.66. The number of hydrogen-bond acceptors (Lipinski definition) is 1. The van der Waals surface area contributed by atoms with Gasteiger partial charge >= 0.3 is 0 Å². The van der Waals surface area contributed by atoms with E-state index >= 15 is 0 Å². The van der Waals surface area contributed by atoms with Crippen molar-refractivity contribution in [1.29, 1.82) is 0 Å². The molecule has 1 aromatic carbocycles. The first-order valence-electron chi connectivity index (χ1n) is 6.47. The van der Waals surface area contributed by atoms with Crippen LogP contribution in [0.15, 0.2) is 24.3 Å². The van der Waals surface area contributed by atoms with Gasteiger partial charge in [-0.3, -0.25) is 0 Å². The SMILES string of the molecule is CCNC(Cc1ccc(Cl)cc1)C(C)(C)CC. The fourth-order valence-electron chi connectivity index (χ4n) is 1.97. The number of halogens is 1. The molecule has 0 radical (unpaired) electrons. The summed E-state index contributed by atoms with van der Waals surface area (Å²) in [5.74, 6) is 0. The van der Waals surface area contributed by atoms with E-state index in [4.69, 9.17) is 11.6 Å². The highest BCUT2D eigenvalue weighted by Gasteiger charge is 2.26. The molecule has 0 aliphatic rings. The summed E-state index contributed by atoms with van der Waals surface area (Å²) in [4.78, 5) is 0. The molecule has 0 saturated carbocycles. The Morgan fingerprint density at radius 1 is 1.18 bits per heavy atom. The summed E-state index contributed by atoms with van der Waals surface area (Å²) in [6, 6.07) is 8.70. The molecule has 0 spiro atoms. The van der Waals surface area contributed by atoms with Crippen LogP contribution < -0.4 is 5.32 Å². The van der Waals surface area contributed by atoms with Gasteiger partial charge in [-0.05, 0) is 42.5 Å². The van der Waals surface area contributed by atoms with E-state index in [-0.39, 0.29) is 0 Å². The second kappa shape index (κ2) is 6.42. The van der Waals surface area contributed by atoms with E-state index in [1.165, 1.54) is 12.0 Å². The van der Waals surface area contributed by atoms with Crippen molar-refractivity contribution in [3.63, 3.8) is 0 Å². The molecular weight excluding hydrogens is 230 g/mol. The topological polar surface area (TPSA) is 12.0 Å². The molecule has 0 amide bonds. The van der Waals surface area contributed by atoms with Crippen LogP contribution in [0.1, 0.15) is 39.7 Å².